The fourth-order valence-electron chi connectivity index (χ4n) is 4.78. The highest BCUT2D eigenvalue weighted by Gasteiger charge is 2.37. The molecule has 32 heavy (non-hydrogen) atoms. The summed E-state index contributed by atoms with van der Waals surface area (Å²) in [5.41, 5.74) is 1.43. The van der Waals surface area contributed by atoms with Crippen molar-refractivity contribution in [3.8, 4) is 0 Å². The molecule has 3 aliphatic rings. The second-order valence-corrected chi connectivity index (χ2v) is 12.0. The number of carbonyl (C=O) groups is 1. The van der Waals surface area contributed by atoms with E-state index >= 15 is 0 Å². The molecule has 0 radical (unpaired) electrons. The molecule has 2 aromatic rings. The Morgan fingerprint density at radius 1 is 1.06 bits per heavy atom. The van der Waals surface area contributed by atoms with Gasteiger partial charge < -0.3 is 9.80 Å². The number of hydrogen-bond donors (Lipinski definition) is 0. The maximum absolute atomic E-state index is 14.8. The molecule has 5 rings (SSSR count). The maximum atomic E-state index is 14.8. The highest BCUT2D eigenvalue weighted by molar-refractivity contribution is 8.00. The Kier molecular flexibility index (Phi) is 5.65. The zero-order valence-corrected chi connectivity index (χ0v) is 19.0. The van der Waals surface area contributed by atoms with Crippen LogP contribution in [-0.2, 0) is 14.3 Å². The Bertz CT molecular complexity index is 1090. The summed E-state index contributed by atoms with van der Waals surface area (Å²) in [6.45, 7) is 1.62. The first-order valence-corrected chi connectivity index (χ1v) is 13.4. The van der Waals surface area contributed by atoms with E-state index in [4.69, 9.17) is 0 Å². The van der Waals surface area contributed by atoms with E-state index in [-0.39, 0.29) is 17.6 Å². The van der Waals surface area contributed by atoms with Gasteiger partial charge >= 0.3 is 0 Å². The molecular formula is C24H29FN4O2S. The zero-order valence-electron chi connectivity index (χ0n) is 18.2. The van der Waals surface area contributed by atoms with Crippen molar-refractivity contribution in [2.75, 3.05) is 36.0 Å². The van der Waals surface area contributed by atoms with Gasteiger partial charge in [-0.25, -0.2) is 14.4 Å². The normalized spacial score (nSPS) is 28.5. The van der Waals surface area contributed by atoms with Crippen LogP contribution in [0.5, 0.6) is 0 Å². The van der Waals surface area contributed by atoms with Crippen LogP contribution < -0.4 is 4.90 Å². The number of halogens is 1. The molecular weight excluding hydrogens is 427 g/mol. The van der Waals surface area contributed by atoms with Crippen molar-refractivity contribution >= 4 is 27.0 Å². The Morgan fingerprint density at radius 2 is 1.75 bits per heavy atom. The first-order chi connectivity index (χ1) is 15.4. The van der Waals surface area contributed by atoms with Crippen molar-refractivity contribution in [2.24, 2.45) is 5.92 Å². The summed E-state index contributed by atoms with van der Waals surface area (Å²) >= 11 is 0. The largest absolute Gasteiger partial charge is 0.365 e. The highest BCUT2D eigenvalue weighted by atomic mass is 32.2. The van der Waals surface area contributed by atoms with Gasteiger partial charge in [0.2, 0.25) is 5.91 Å². The third-order valence-corrected chi connectivity index (χ3v) is 8.88. The topological polar surface area (TPSA) is 66.4 Å². The van der Waals surface area contributed by atoms with Gasteiger partial charge in [-0.2, -0.15) is 0 Å². The second-order valence-electron chi connectivity index (χ2n) is 9.24. The van der Waals surface area contributed by atoms with E-state index in [9.17, 15) is 13.4 Å². The van der Waals surface area contributed by atoms with Crippen LogP contribution in [0, 0.1) is 11.7 Å². The van der Waals surface area contributed by atoms with Gasteiger partial charge in [-0.1, -0.05) is 18.2 Å². The van der Waals surface area contributed by atoms with Gasteiger partial charge in [-0.15, -0.1) is 0 Å². The van der Waals surface area contributed by atoms with Crippen molar-refractivity contribution in [1.82, 2.24) is 14.9 Å². The predicted molar refractivity (Wildman–Crippen MR) is 125 cm³/mol. The van der Waals surface area contributed by atoms with Crippen molar-refractivity contribution in [3.05, 3.63) is 53.9 Å². The molecule has 3 heterocycles. The monoisotopic (exact) mass is 456 g/mol. The SMILES string of the molecule is C=S1(=O)CCC(C(=O)N2CCN(c3cnc(C4CC4)nc3)CC2c2ccccc2F)CC1. The molecule has 2 aliphatic heterocycles. The predicted octanol–water partition coefficient (Wildman–Crippen LogP) is 3.01. The average molecular weight is 457 g/mol. The minimum absolute atomic E-state index is 0.0353. The molecule has 1 amide bonds. The molecule has 1 saturated carbocycles. The molecule has 3 fully saturated rings. The van der Waals surface area contributed by atoms with Crippen LogP contribution in [0.3, 0.4) is 0 Å². The Morgan fingerprint density at radius 3 is 2.41 bits per heavy atom. The molecule has 0 spiro atoms. The van der Waals surface area contributed by atoms with Crippen molar-refractivity contribution in [3.63, 3.8) is 0 Å². The Balaban J connectivity index is 1.39. The van der Waals surface area contributed by atoms with Crippen molar-refractivity contribution < 1.29 is 13.4 Å². The fourth-order valence-corrected chi connectivity index (χ4v) is 6.41. The number of aromatic nitrogens is 2. The van der Waals surface area contributed by atoms with E-state index in [0.717, 1.165) is 24.4 Å². The van der Waals surface area contributed by atoms with Crippen molar-refractivity contribution in [1.29, 1.82) is 0 Å². The van der Waals surface area contributed by atoms with Crippen LogP contribution in [-0.4, -0.2) is 62.0 Å². The van der Waals surface area contributed by atoms with Gasteiger partial charge in [0.1, 0.15) is 11.6 Å². The minimum Gasteiger partial charge on any atom is -0.365 e. The lowest BCUT2D eigenvalue weighted by Gasteiger charge is -2.44. The Labute approximate surface area is 188 Å². The number of hydrogen-bond acceptors (Lipinski definition) is 5. The first kappa shape index (κ1) is 21.4. The van der Waals surface area contributed by atoms with Crippen LogP contribution in [0.25, 0.3) is 0 Å². The maximum Gasteiger partial charge on any atom is 0.226 e. The van der Waals surface area contributed by atoms with Gasteiger partial charge in [0.05, 0.1) is 24.1 Å². The standard InChI is InChI=1S/C24H29FN4O2S/c1-32(31)12-8-18(9-13-32)24(30)29-11-10-28(16-22(29)20-4-2-3-5-21(20)25)19-14-26-23(27-15-19)17-6-7-17/h2-5,14-15,17-18,22H,1,6-13,16H2. The quantitative estimate of drug-likeness (QED) is 0.662. The highest BCUT2D eigenvalue weighted by Crippen LogP contribution is 2.38. The van der Waals surface area contributed by atoms with Crippen LogP contribution >= 0.6 is 0 Å². The van der Waals surface area contributed by atoms with E-state index in [1.807, 2.05) is 23.4 Å². The lowest BCUT2D eigenvalue weighted by Crippen LogP contribution is -2.53. The lowest BCUT2D eigenvalue weighted by molar-refractivity contribution is -0.138. The molecule has 0 bridgehead atoms. The molecule has 1 aromatic carbocycles. The van der Waals surface area contributed by atoms with Gasteiger partial charge in [-0.3, -0.25) is 9.00 Å². The van der Waals surface area contributed by atoms with Gasteiger partial charge in [0, 0.05) is 48.5 Å². The number of rotatable bonds is 4. The number of piperazine rings is 1. The number of anilines is 1. The number of carbonyl (C=O) groups excluding carboxylic acids is 1. The molecule has 1 aliphatic carbocycles. The number of benzene rings is 1. The third-order valence-electron chi connectivity index (χ3n) is 6.92. The summed E-state index contributed by atoms with van der Waals surface area (Å²) in [5, 5.41) is 0. The van der Waals surface area contributed by atoms with E-state index < -0.39 is 15.6 Å². The first-order valence-electron chi connectivity index (χ1n) is 11.4. The number of amides is 1. The summed E-state index contributed by atoms with van der Waals surface area (Å²) in [5.74, 6) is 5.73. The van der Waals surface area contributed by atoms with E-state index in [0.29, 0.717) is 55.5 Å². The molecule has 6 nitrogen and oxygen atoms in total. The third kappa shape index (κ3) is 4.37. The summed E-state index contributed by atoms with van der Waals surface area (Å²) in [4.78, 5) is 26.5. The number of nitrogens with zero attached hydrogens (tertiary/aromatic N) is 4. The Hall–Kier alpha value is -2.48. The average Bonchev–Trinajstić information content (AvgIpc) is 3.64. The van der Waals surface area contributed by atoms with Crippen molar-refractivity contribution in [2.45, 2.75) is 37.6 Å². The summed E-state index contributed by atoms with van der Waals surface area (Å²) in [7, 11) is -2.06. The van der Waals surface area contributed by atoms with E-state index in [2.05, 4.69) is 20.7 Å². The zero-order chi connectivity index (χ0) is 22.3. The van der Waals surface area contributed by atoms with Gasteiger partial charge in [-0.05, 0) is 47.1 Å². The minimum atomic E-state index is -2.06. The fraction of sp³-hybridized carbons (Fsp3) is 0.500. The summed E-state index contributed by atoms with van der Waals surface area (Å²) in [6, 6.07) is 6.29. The lowest BCUT2D eigenvalue weighted by atomic mass is 9.96. The smallest absolute Gasteiger partial charge is 0.226 e. The van der Waals surface area contributed by atoms with Gasteiger partial charge in [0.15, 0.2) is 0 Å². The molecule has 170 valence electrons. The molecule has 8 heteroatoms. The van der Waals surface area contributed by atoms with Gasteiger partial charge in [0.25, 0.3) is 0 Å². The summed E-state index contributed by atoms with van der Waals surface area (Å²) < 4.78 is 27.1. The van der Waals surface area contributed by atoms with E-state index in [1.165, 1.54) is 6.07 Å². The van der Waals surface area contributed by atoms with Crippen LogP contribution in [0.1, 0.15) is 49.0 Å². The van der Waals surface area contributed by atoms with Crippen LogP contribution in [0.15, 0.2) is 36.7 Å². The van der Waals surface area contributed by atoms with Crippen LogP contribution in [0.4, 0.5) is 10.1 Å². The molecule has 0 N–H and O–H groups in total. The molecule has 2 saturated heterocycles. The van der Waals surface area contributed by atoms with E-state index in [1.54, 1.807) is 12.1 Å². The van der Waals surface area contributed by atoms with Crippen LogP contribution in [0.2, 0.25) is 0 Å². The second kappa shape index (κ2) is 8.46. The molecule has 1 aromatic heterocycles. The molecule has 1 unspecified atom stereocenters. The molecule has 1 atom stereocenters. The summed E-state index contributed by atoms with van der Waals surface area (Å²) in [6.07, 6.45) is 7.17.